The third kappa shape index (κ3) is 3.80. The molecule has 1 aromatic rings. The van der Waals surface area contributed by atoms with Crippen LogP contribution in [0.2, 0.25) is 5.02 Å². The van der Waals surface area contributed by atoms with E-state index in [4.69, 9.17) is 11.6 Å². The molecule has 5 heteroatoms. The van der Waals surface area contributed by atoms with Gasteiger partial charge in [-0.25, -0.2) is 0 Å². The van der Waals surface area contributed by atoms with E-state index in [1.807, 2.05) is 6.92 Å². The molecule has 1 aliphatic rings. The Labute approximate surface area is 109 Å². The second-order valence-corrected chi connectivity index (χ2v) is 5.39. The van der Waals surface area contributed by atoms with Crippen LogP contribution in [0.5, 0.6) is 0 Å². The first-order valence-corrected chi connectivity index (χ1v) is 6.36. The van der Waals surface area contributed by atoms with Gasteiger partial charge in [-0.15, -0.1) is 0 Å². The molecule has 0 aromatic heterocycles. The zero-order valence-electron chi connectivity index (χ0n) is 10.0. The number of alkyl halides is 3. The molecule has 0 radical (unpaired) electrons. The minimum absolute atomic E-state index is 0.103. The summed E-state index contributed by atoms with van der Waals surface area (Å²) in [7, 11) is 0. The summed E-state index contributed by atoms with van der Waals surface area (Å²) >= 11 is 5.72. The van der Waals surface area contributed by atoms with Crippen LogP contribution < -0.4 is 5.32 Å². The van der Waals surface area contributed by atoms with E-state index in [9.17, 15) is 13.2 Å². The normalized spacial score (nSPS) is 17.6. The van der Waals surface area contributed by atoms with Crippen molar-refractivity contribution < 1.29 is 13.2 Å². The maximum atomic E-state index is 12.6. The molecular weight excluding hydrogens is 263 g/mol. The summed E-state index contributed by atoms with van der Waals surface area (Å²) in [6.45, 7) is 1.98. The number of nitrogens with one attached hydrogen (secondary N) is 1. The standard InChI is InChI=1S/C13H15ClF3N/c1-8(4-9-2-3-9)18-12-6-10(13(15,16)17)5-11(14)7-12/h5-9,18H,2-4H2,1H3. The molecule has 1 unspecified atom stereocenters. The lowest BCUT2D eigenvalue weighted by Gasteiger charge is -2.17. The maximum Gasteiger partial charge on any atom is 0.416 e. The molecule has 0 saturated heterocycles. The van der Waals surface area contributed by atoms with Gasteiger partial charge in [0.15, 0.2) is 0 Å². The van der Waals surface area contributed by atoms with Crippen molar-refractivity contribution in [2.24, 2.45) is 5.92 Å². The van der Waals surface area contributed by atoms with E-state index in [2.05, 4.69) is 5.32 Å². The van der Waals surface area contributed by atoms with E-state index in [1.165, 1.54) is 18.9 Å². The predicted molar refractivity (Wildman–Crippen MR) is 66.9 cm³/mol. The van der Waals surface area contributed by atoms with E-state index >= 15 is 0 Å². The van der Waals surface area contributed by atoms with Gasteiger partial charge < -0.3 is 5.32 Å². The van der Waals surface area contributed by atoms with Crippen LogP contribution in [0.4, 0.5) is 18.9 Å². The summed E-state index contributed by atoms with van der Waals surface area (Å²) in [5.41, 5.74) is -0.279. The van der Waals surface area contributed by atoms with Gasteiger partial charge in [0.1, 0.15) is 0 Å². The number of hydrogen-bond acceptors (Lipinski definition) is 1. The molecule has 2 rings (SSSR count). The van der Waals surface area contributed by atoms with Crippen LogP contribution >= 0.6 is 11.6 Å². The fourth-order valence-corrected chi connectivity index (χ4v) is 2.27. The van der Waals surface area contributed by atoms with Crippen molar-refractivity contribution in [1.82, 2.24) is 0 Å². The molecule has 18 heavy (non-hydrogen) atoms. The van der Waals surface area contributed by atoms with Gasteiger partial charge in [0.05, 0.1) is 5.56 Å². The van der Waals surface area contributed by atoms with Gasteiger partial charge in [0.25, 0.3) is 0 Å². The highest BCUT2D eigenvalue weighted by Crippen LogP contribution is 2.36. The number of rotatable bonds is 4. The molecule has 1 saturated carbocycles. The number of hydrogen-bond donors (Lipinski definition) is 1. The second-order valence-electron chi connectivity index (χ2n) is 4.95. The molecule has 1 atom stereocenters. The lowest BCUT2D eigenvalue weighted by atomic mass is 10.1. The highest BCUT2D eigenvalue weighted by atomic mass is 35.5. The first-order valence-electron chi connectivity index (χ1n) is 5.99. The largest absolute Gasteiger partial charge is 0.416 e. The quantitative estimate of drug-likeness (QED) is 0.820. The van der Waals surface area contributed by atoms with Gasteiger partial charge in [-0.05, 0) is 37.5 Å². The molecule has 0 aliphatic heterocycles. The monoisotopic (exact) mass is 277 g/mol. The van der Waals surface area contributed by atoms with Gasteiger partial charge in [-0.3, -0.25) is 0 Å². The van der Waals surface area contributed by atoms with Crippen LogP contribution in [-0.2, 0) is 6.18 Å². The summed E-state index contributed by atoms with van der Waals surface area (Å²) in [5.74, 6) is 0.730. The van der Waals surface area contributed by atoms with Crippen LogP contribution in [0, 0.1) is 5.92 Å². The predicted octanol–water partition coefficient (Wildman–Crippen LogP) is 4.96. The van der Waals surface area contributed by atoms with Crippen molar-refractivity contribution in [3.8, 4) is 0 Å². The molecule has 1 aromatic carbocycles. The zero-order valence-corrected chi connectivity index (χ0v) is 10.8. The molecule has 0 heterocycles. The van der Waals surface area contributed by atoms with Crippen molar-refractivity contribution in [2.75, 3.05) is 5.32 Å². The summed E-state index contributed by atoms with van der Waals surface area (Å²) < 4.78 is 37.9. The van der Waals surface area contributed by atoms with E-state index in [-0.39, 0.29) is 11.1 Å². The third-order valence-corrected chi connectivity index (χ3v) is 3.24. The van der Waals surface area contributed by atoms with E-state index < -0.39 is 11.7 Å². The Morgan fingerprint density at radius 3 is 2.56 bits per heavy atom. The lowest BCUT2D eigenvalue weighted by Crippen LogP contribution is -2.16. The molecule has 100 valence electrons. The van der Waals surface area contributed by atoms with Crippen LogP contribution in [0.15, 0.2) is 18.2 Å². The van der Waals surface area contributed by atoms with E-state index in [1.54, 1.807) is 0 Å². The first-order chi connectivity index (χ1) is 8.34. The number of anilines is 1. The smallest absolute Gasteiger partial charge is 0.383 e. The number of benzene rings is 1. The fourth-order valence-electron chi connectivity index (χ4n) is 2.03. The summed E-state index contributed by atoms with van der Waals surface area (Å²) in [6, 6.07) is 3.74. The van der Waals surface area contributed by atoms with Crippen LogP contribution in [-0.4, -0.2) is 6.04 Å². The Kier molecular flexibility index (Phi) is 3.76. The molecule has 0 amide bonds. The van der Waals surface area contributed by atoms with Crippen molar-refractivity contribution in [3.05, 3.63) is 28.8 Å². The second kappa shape index (κ2) is 5.00. The third-order valence-electron chi connectivity index (χ3n) is 3.02. The lowest BCUT2D eigenvalue weighted by molar-refractivity contribution is -0.137. The Hall–Kier alpha value is -0.900. The zero-order chi connectivity index (χ0) is 13.3. The molecule has 0 bridgehead atoms. The van der Waals surface area contributed by atoms with Crippen LogP contribution in [0.25, 0.3) is 0 Å². The molecule has 0 spiro atoms. The van der Waals surface area contributed by atoms with E-state index in [0.717, 1.165) is 24.5 Å². The Morgan fingerprint density at radius 2 is 2.00 bits per heavy atom. The molecule has 1 N–H and O–H groups in total. The molecule has 1 nitrogen and oxygen atoms in total. The highest BCUT2D eigenvalue weighted by Gasteiger charge is 2.31. The minimum atomic E-state index is -4.36. The summed E-state index contributed by atoms with van der Waals surface area (Å²) in [6.07, 6.45) is -0.903. The summed E-state index contributed by atoms with van der Waals surface area (Å²) in [5, 5.41) is 3.18. The average Bonchev–Trinajstić information content (AvgIpc) is 2.98. The Bertz CT molecular complexity index is 427. The molecule has 1 fully saturated rings. The Morgan fingerprint density at radius 1 is 1.33 bits per heavy atom. The maximum absolute atomic E-state index is 12.6. The minimum Gasteiger partial charge on any atom is -0.383 e. The molecular formula is C13H15ClF3N. The SMILES string of the molecule is CC(CC1CC1)Nc1cc(Cl)cc(C(F)(F)F)c1. The van der Waals surface area contributed by atoms with Crippen LogP contribution in [0.1, 0.15) is 31.7 Å². The van der Waals surface area contributed by atoms with Crippen molar-refractivity contribution in [2.45, 2.75) is 38.4 Å². The Balaban J connectivity index is 2.09. The van der Waals surface area contributed by atoms with Gasteiger partial charge in [0, 0.05) is 16.8 Å². The van der Waals surface area contributed by atoms with Crippen molar-refractivity contribution >= 4 is 17.3 Å². The van der Waals surface area contributed by atoms with Crippen LogP contribution in [0.3, 0.4) is 0 Å². The first kappa shape index (κ1) is 13.5. The van der Waals surface area contributed by atoms with Gasteiger partial charge in [0.2, 0.25) is 0 Å². The number of halogens is 4. The highest BCUT2D eigenvalue weighted by molar-refractivity contribution is 6.30. The van der Waals surface area contributed by atoms with Crippen molar-refractivity contribution in [1.29, 1.82) is 0 Å². The summed E-state index contributed by atoms with van der Waals surface area (Å²) in [4.78, 5) is 0. The van der Waals surface area contributed by atoms with Gasteiger partial charge in [-0.1, -0.05) is 24.4 Å². The molecule has 1 aliphatic carbocycles. The van der Waals surface area contributed by atoms with Crippen molar-refractivity contribution in [3.63, 3.8) is 0 Å². The fraction of sp³-hybridized carbons (Fsp3) is 0.538. The average molecular weight is 278 g/mol. The van der Waals surface area contributed by atoms with Gasteiger partial charge in [-0.2, -0.15) is 13.2 Å². The van der Waals surface area contributed by atoms with E-state index in [0.29, 0.717) is 5.69 Å². The topological polar surface area (TPSA) is 12.0 Å². The van der Waals surface area contributed by atoms with Gasteiger partial charge >= 0.3 is 6.18 Å².